The maximum absolute atomic E-state index is 8.71. The van der Waals surface area contributed by atoms with E-state index < -0.39 is 6.23 Å². The van der Waals surface area contributed by atoms with Crippen molar-refractivity contribution in [1.29, 1.82) is 0 Å². The predicted molar refractivity (Wildman–Crippen MR) is 42.9 cm³/mol. The van der Waals surface area contributed by atoms with Crippen LogP contribution in [-0.4, -0.2) is 22.9 Å². The van der Waals surface area contributed by atoms with Crippen molar-refractivity contribution in [3.63, 3.8) is 0 Å². The number of aliphatic hydroxyl groups is 1. The second-order valence-electron chi connectivity index (χ2n) is 2.18. The largest absolute Gasteiger partial charge is 0.381 e. The molecule has 0 aromatic carbocycles. The van der Waals surface area contributed by atoms with Crippen LogP contribution in [0.25, 0.3) is 0 Å². The van der Waals surface area contributed by atoms with Crippen LogP contribution in [0.2, 0.25) is 0 Å². The van der Waals surface area contributed by atoms with E-state index in [-0.39, 0.29) is 0 Å². The first-order valence-corrected chi connectivity index (χ1v) is 3.36. The Morgan fingerprint density at radius 3 is 2.73 bits per heavy atom. The van der Waals surface area contributed by atoms with Crippen molar-refractivity contribution < 1.29 is 5.11 Å². The molecule has 1 heterocycles. The minimum absolute atomic E-state index is 0.351. The van der Waals surface area contributed by atoms with Gasteiger partial charge in [-0.05, 0) is 12.1 Å². The van der Waals surface area contributed by atoms with E-state index in [2.05, 4.69) is 10.3 Å². The van der Waals surface area contributed by atoms with Crippen LogP contribution in [0.5, 0.6) is 0 Å². The molecule has 0 bridgehead atoms. The molecule has 4 nitrogen and oxygen atoms in total. The first-order valence-electron chi connectivity index (χ1n) is 3.36. The summed E-state index contributed by atoms with van der Waals surface area (Å²) in [7, 11) is 0. The van der Waals surface area contributed by atoms with Crippen molar-refractivity contribution in [2.45, 2.75) is 6.23 Å². The lowest BCUT2D eigenvalue weighted by Gasteiger charge is -2.06. The van der Waals surface area contributed by atoms with Crippen LogP contribution in [0.4, 0.5) is 5.69 Å². The molecule has 1 atom stereocenters. The van der Waals surface area contributed by atoms with Gasteiger partial charge in [-0.3, -0.25) is 4.98 Å². The van der Waals surface area contributed by atoms with Crippen molar-refractivity contribution >= 4 is 5.69 Å². The number of rotatable bonds is 3. The van der Waals surface area contributed by atoms with Crippen molar-refractivity contribution in [1.82, 2.24) is 4.98 Å². The first-order chi connectivity index (χ1) is 5.29. The Labute approximate surface area is 65.1 Å². The van der Waals surface area contributed by atoms with Gasteiger partial charge in [-0.1, -0.05) is 0 Å². The van der Waals surface area contributed by atoms with Gasteiger partial charge in [0.15, 0.2) is 0 Å². The molecule has 0 fully saturated rings. The van der Waals surface area contributed by atoms with E-state index in [4.69, 9.17) is 10.8 Å². The fourth-order valence-electron chi connectivity index (χ4n) is 0.692. The van der Waals surface area contributed by atoms with Gasteiger partial charge in [0.2, 0.25) is 0 Å². The highest BCUT2D eigenvalue weighted by molar-refractivity contribution is 5.40. The number of pyridine rings is 1. The summed E-state index contributed by atoms with van der Waals surface area (Å²) in [4.78, 5) is 3.84. The summed E-state index contributed by atoms with van der Waals surface area (Å²) in [5.74, 6) is 0. The Morgan fingerprint density at radius 1 is 1.55 bits per heavy atom. The number of anilines is 1. The average molecular weight is 153 g/mol. The van der Waals surface area contributed by atoms with Gasteiger partial charge in [-0.2, -0.15) is 0 Å². The summed E-state index contributed by atoms with van der Waals surface area (Å²) >= 11 is 0. The summed E-state index contributed by atoms with van der Waals surface area (Å²) in [6.45, 7) is 0.351. The fraction of sp³-hybridized carbons (Fsp3) is 0.286. The molecule has 0 saturated heterocycles. The normalized spacial score (nSPS) is 12.5. The third-order valence-electron chi connectivity index (χ3n) is 1.20. The molecule has 4 N–H and O–H groups in total. The highest BCUT2D eigenvalue weighted by Crippen LogP contribution is 2.01. The molecule has 0 amide bonds. The minimum atomic E-state index is -0.817. The Balaban J connectivity index is 2.39. The maximum atomic E-state index is 8.71. The Morgan fingerprint density at radius 2 is 2.18 bits per heavy atom. The molecule has 11 heavy (non-hydrogen) atoms. The molecule has 1 rings (SSSR count). The Kier molecular flexibility index (Phi) is 2.83. The second-order valence-corrected chi connectivity index (χ2v) is 2.18. The van der Waals surface area contributed by atoms with E-state index in [0.717, 1.165) is 5.69 Å². The number of nitrogens with one attached hydrogen (secondary N) is 1. The lowest BCUT2D eigenvalue weighted by molar-refractivity contribution is 0.196. The van der Waals surface area contributed by atoms with Gasteiger partial charge in [0, 0.05) is 18.1 Å². The topological polar surface area (TPSA) is 71.2 Å². The summed E-state index contributed by atoms with van der Waals surface area (Å²) in [5.41, 5.74) is 6.02. The van der Waals surface area contributed by atoms with E-state index in [1.165, 1.54) is 0 Å². The number of aromatic nitrogens is 1. The van der Waals surface area contributed by atoms with Crippen LogP contribution >= 0.6 is 0 Å². The standard InChI is InChI=1S/C7H11N3O/c8-7(11)5-10-6-1-3-9-4-2-6/h1-4,7,11H,5,8H2,(H,9,10). The SMILES string of the molecule is NC(O)CNc1ccncc1. The molecule has 1 aromatic heterocycles. The van der Waals surface area contributed by atoms with E-state index >= 15 is 0 Å². The Bertz CT molecular complexity index is 200. The summed E-state index contributed by atoms with van der Waals surface area (Å²) < 4.78 is 0. The molecule has 0 aliphatic carbocycles. The molecule has 0 saturated carbocycles. The van der Waals surface area contributed by atoms with Gasteiger partial charge in [0.1, 0.15) is 6.23 Å². The maximum Gasteiger partial charge on any atom is 0.119 e. The number of aliphatic hydroxyl groups excluding tert-OH is 1. The third kappa shape index (κ3) is 2.97. The van der Waals surface area contributed by atoms with Crippen molar-refractivity contribution in [3.05, 3.63) is 24.5 Å². The van der Waals surface area contributed by atoms with Gasteiger partial charge >= 0.3 is 0 Å². The van der Waals surface area contributed by atoms with Crippen LogP contribution in [0.3, 0.4) is 0 Å². The van der Waals surface area contributed by atoms with E-state index in [1.807, 2.05) is 12.1 Å². The molecule has 0 radical (unpaired) electrons. The highest BCUT2D eigenvalue weighted by atomic mass is 16.3. The molecule has 1 aromatic rings. The van der Waals surface area contributed by atoms with E-state index in [0.29, 0.717) is 6.54 Å². The van der Waals surface area contributed by atoms with Crippen molar-refractivity contribution in [2.75, 3.05) is 11.9 Å². The van der Waals surface area contributed by atoms with Crippen LogP contribution in [0, 0.1) is 0 Å². The molecule has 1 unspecified atom stereocenters. The van der Waals surface area contributed by atoms with Gasteiger partial charge in [0.05, 0.1) is 6.54 Å². The zero-order chi connectivity index (χ0) is 8.10. The summed E-state index contributed by atoms with van der Waals surface area (Å²) in [6, 6.07) is 3.62. The van der Waals surface area contributed by atoms with Gasteiger partial charge in [-0.25, -0.2) is 0 Å². The van der Waals surface area contributed by atoms with Crippen LogP contribution in [0.15, 0.2) is 24.5 Å². The van der Waals surface area contributed by atoms with Gasteiger partial charge in [0.25, 0.3) is 0 Å². The molecule has 0 spiro atoms. The predicted octanol–water partition coefficient (Wildman–Crippen LogP) is -0.229. The van der Waals surface area contributed by atoms with Crippen LogP contribution < -0.4 is 11.1 Å². The monoisotopic (exact) mass is 153 g/mol. The second kappa shape index (κ2) is 3.90. The Hall–Kier alpha value is -1.13. The minimum Gasteiger partial charge on any atom is -0.381 e. The summed E-state index contributed by atoms with van der Waals surface area (Å²) in [6.07, 6.45) is 2.53. The van der Waals surface area contributed by atoms with E-state index in [9.17, 15) is 0 Å². The van der Waals surface area contributed by atoms with Crippen molar-refractivity contribution in [3.8, 4) is 0 Å². The van der Waals surface area contributed by atoms with Crippen molar-refractivity contribution in [2.24, 2.45) is 5.73 Å². The highest BCUT2D eigenvalue weighted by Gasteiger charge is 1.93. The lowest BCUT2D eigenvalue weighted by atomic mass is 10.4. The third-order valence-corrected chi connectivity index (χ3v) is 1.20. The van der Waals surface area contributed by atoms with Crippen LogP contribution in [0.1, 0.15) is 0 Å². The fourth-order valence-corrected chi connectivity index (χ4v) is 0.692. The summed E-state index contributed by atoms with van der Waals surface area (Å²) in [5, 5.41) is 11.6. The molecule has 0 aliphatic heterocycles. The van der Waals surface area contributed by atoms with E-state index in [1.54, 1.807) is 12.4 Å². The number of nitrogens with two attached hydrogens (primary N) is 1. The number of nitrogens with zero attached hydrogens (tertiary/aromatic N) is 1. The quantitative estimate of drug-likeness (QED) is 0.524. The van der Waals surface area contributed by atoms with Gasteiger partial charge in [-0.15, -0.1) is 0 Å². The zero-order valence-electron chi connectivity index (χ0n) is 6.07. The smallest absolute Gasteiger partial charge is 0.119 e. The zero-order valence-corrected chi connectivity index (χ0v) is 6.07. The van der Waals surface area contributed by atoms with Gasteiger partial charge < -0.3 is 16.2 Å². The molecular formula is C7H11N3O. The molecule has 0 aliphatic rings. The van der Waals surface area contributed by atoms with Crippen LogP contribution in [-0.2, 0) is 0 Å². The number of hydrogen-bond donors (Lipinski definition) is 3. The molecule has 60 valence electrons. The average Bonchev–Trinajstić information content (AvgIpc) is 2.03. The lowest BCUT2D eigenvalue weighted by Crippen LogP contribution is -2.28. The first kappa shape index (κ1) is 7.97. The molecular weight excluding hydrogens is 142 g/mol. The number of hydrogen-bond acceptors (Lipinski definition) is 4. The molecule has 4 heteroatoms.